The number of hydrogen-bond acceptors (Lipinski definition) is 6. The summed E-state index contributed by atoms with van der Waals surface area (Å²) in [6, 6.07) is 4.69. The van der Waals surface area contributed by atoms with Gasteiger partial charge in [-0.25, -0.2) is 4.52 Å². The first-order valence-corrected chi connectivity index (χ1v) is 12.3. The van der Waals surface area contributed by atoms with Crippen molar-refractivity contribution in [2.24, 2.45) is 0 Å². The van der Waals surface area contributed by atoms with Gasteiger partial charge >= 0.3 is 0 Å². The minimum absolute atomic E-state index is 0.0653. The molecule has 7 nitrogen and oxygen atoms in total. The van der Waals surface area contributed by atoms with Gasteiger partial charge in [0.05, 0.1) is 39.6 Å². The van der Waals surface area contributed by atoms with Gasteiger partial charge in [0.1, 0.15) is 6.07 Å². The summed E-state index contributed by atoms with van der Waals surface area (Å²) < 4.78 is 3.81. The highest BCUT2D eigenvalue weighted by molar-refractivity contribution is 7.99. The first-order chi connectivity index (χ1) is 16.0. The summed E-state index contributed by atoms with van der Waals surface area (Å²) in [6.45, 7) is 4.03. The van der Waals surface area contributed by atoms with E-state index in [0.29, 0.717) is 21.7 Å². The fourth-order valence-electron chi connectivity index (χ4n) is 4.22. The lowest BCUT2D eigenvalue weighted by Crippen LogP contribution is -2.31. The first-order valence-electron chi connectivity index (χ1n) is 10.7. The van der Waals surface area contributed by atoms with Crippen LogP contribution in [0.3, 0.4) is 0 Å². The molecule has 0 aromatic carbocycles. The number of halogens is 2. The molecule has 0 amide bonds. The third kappa shape index (κ3) is 4.34. The third-order valence-electron chi connectivity index (χ3n) is 5.88. The Morgan fingerprint density at radius 1 is 1.15 bits per heavy atom. The van der Waals surface area contributed by atoms with Crippen molar-refractivity contribution >= 4 is 40.5 Å². The van der Waals surface area contributed by atoms with E-state index in [-0.39, 0.29) is 5.25 Å². The van der Waals surface area contributed by atoms with Crippen molar-refractivity contribution in [3.05, 3.63) is 64.4 Å². The number of fused-ring (bicyclic) bond motifs is 1. The van der Waals surface area contributed by atoms with Gasteiger partial charge in [-0.2, -0.15) is 15.5 Å². The molecule has 4 aromatic heterocycles. The number of nitriles is 1. The van der Waals surface area contributed by atoms with Gasteiger partial charge in [0.25, 0.3) is 0 Å². The zero-order chi connectivity index (χ0) is 22.9. The van der Waals surface area contributed by atoms with Crippen LogP contribution in [-0.2, 0) is 0 Å². The van der Waals surface area contributed by atoms with E-state index in [4.69, 9.17) is 23.2 Å². The largest absolute Gasteiger partial charge is 0.315 e. The number of thioether (sulfide) groups is 1. The van der Waals surface area contributed by atoms with Crippen LogP contribution in [-0.4, -0.2) is 37.5 Å². The fourth-order valence-corrected chi connectivity index (χ4v) is 6.30. The third-order valence-corrected chi connectivity index (χ3v) is 7.63. The van der Waals surface area contributed by atoms with Gasteiger partial charge in [-0.05, 0) is 32.4 Å². The van der Waals surface area contributed by atoms with Crippen molar-refractivity contribution in [1.29, 1.82) is 5.26 Å². The highest BCUT2D eigenvalue weighted by Crippen LogP contribution is 2.43. The normalized spacial score (nSPS) is 17.2. The minimum atomic E-state index is -0.0653. The summed E-state index contributed by atoms with van der Waals surface area (Å²) in [5, 5.41) is 23.1. The van der Waals surface area contributed by atoms with Crippen LogP contribution < -0.4 is 5.32 Å². The average molecular weight is 498 g/mol. The second-order valence-electron chi connectivity index (χ2n) is 8.04. The summed E-state index contributed by atoms with van der Waals surface area (Å²) >= 11 is 14.4. The summed E-state index contributed by atoms with van der Waals surface area (Å²) in [4.78, 5) is 4.97. The molecule has 1 N–H and O–H groups in total. The van der Waals surface area contributed by atoms with Gasteiger partial charge in [-0.3, -0.25) is 9.67 Å². The topological polar surface area (TPSA) is 83.8 Å². The van der Waals surface area contributed by atoms with E-state index in [1.54, 1.807) is 34.9 Å². The lowest BCUT2D eigenvalue weighted by Gasteiger charge is -2.22. The molecule has 0 aliphatic carbocycles. The number of piperidine rings is 1. The molecule has 0 spiro atoms. The summed E-state index contributed by atoms with van der Waals surface area (Å²) in [5.41, 5.74) is 4.09. The van der Waals surface area contributed by atoms with Crippen molar-refractivity contribution in [1.82, 2.24) is 29.7 Å². The monoisotopic (exact) mass is 497 g/mol. The van der Waals surface area contributed by atoms with Crippen molar-refractivity contribution in [3.8, 4) is 17.2 Å². The molecular formula is C23H21Cl2N7S. The zero-order valence-corrected chi connectivity index (χ0v) is 20.2. The Morgan fingerprint density at radius 2 is 1.97 bits per heavy atom. The van der Waals surface area contributed by atoms with E-state index < -0.39 is 0 Å². The van der Waals surface area contributed by atoms with Crippen LogP contribution in [0.5, 0.6) is 0 Å². The number of pyridine rings is 2. The lowest BCUT2D eigenvalue weighted by atomic mass is 10.1. The average Bonchev–Trinajstić information content (AvgIpc) is 3.47. The molecule has 5 rings (SSSR count). The van der Waals surface area contributed by atoms with E-state index >= 15 is 0 Å². The zero-order valence-electron chi connectivity index (χ0n) is 17.9. The second-order valence-corrected chi connectivity index (χ2v) is 10.2. The Kier molecular flexibility index (Phi) is 6.30. The van der Waals surface area contributed by atoms with Crippen LogP contribution in [0.1, 0.15) is 42.2 Å². The van der Waals surface area contributed by atoms with Gasteiger partial charge in [0.15, 0.2) is 0 Å². The molecule has 1 saturated heterocycles. The second kappa shape index (κ2) is 9.35. The Balaban J connectivity index is 1.55. The number of rotatable bonds is 5. The lowest BCUT2D eigenvalue weighted by molar-refractivity contribution is 0.347. The molecular weight excluding hydrogens is 477 g/mol. The maximum absolute atomic E-state index is 9.64. The van der Waals surface area contributed by atoms with E-state index in [0.717, 1.165) is 53.0 Å². The molecule has 0 bridgehead atoms. The summed E-state index contributed by atoms with van der Waals surface area (Å²) in [7, 11) is 0. The molecule has 5 heterocycles. The maximum Gasteiger partial charge on any atom is 0.103 e. The summed E-state index contributed by atoms with van der Waals surface area (Å²) in [5.74, 6) is 0. The molecule has 1 aliphatic rings. The van der Waals surface area contributed by atoms with E-state index in [1.165, 1.54) is 0 Å². The number of nitrogens with zero attached hydrogens (tertiary/aromatic N) is 6. The van der Waals surface area contributed by atoms with Gasteiger partial charge in [-0.15, -0.1) is 11.8 Å². The smallest absolute Gasteiger partial charge is 0.103 e. The SMILES string of the molecule is C[C@@H](Sc1cc(-c2cnn([C@@H]3CCCNC3)c2)cn2ncc(C#N)c12)c1c(Cl)cncc1Cl. The van der Waals surface area contributed by atoms with Gasteiger partial charge in [0.2, 0.25) is 0 Å². The standard InChI is InChI=1S/C23H21Cl2N7S/c1-14(22-19(24)10-28-11-20(22)25)33-21-5-15(12-32-23(21)16(6-26)7-30-32)17-8-29-31(13-17)18-3-2-4-27-9-18/h5,7-8,10-14,18,27H,2-4,9H2,1H3/t14-,18-/m1/s1. The fraction of sp³-hybridized carbons (Fsp3) is 0.304. The van der Waals surface area contributed by atoms with Crippen LogP contribution in [0.2, 0.25) is 10.0 Å². The van der Waals surface area contributed by atoms with E-state index in [2.05, 4.69) is 38.8 Å². The molecule has 2 atom stereocenters. The Bertz CT molecular complexity index is 1330. The Morgan fingerprint density at radius 3 is 2.70 bits per heavy atom. The van der Waals surface area contributed by atoms with E-state index in [1.807, 2.05) is 24.0 Å². The number of hydrogen-bond donors (Lipinski definition) is 1. The predicted molar refractivity (Wildman–Crippen MR) is 131 cm³/mol. The van der Waals surface area contributed by atoms with Crippen LogP contribution in [0.15, 0.2) is 48.1 Å². The van der Waals surface area contributed by atoms with Crippen LogP contribution in [0, 0.1) is 11.3 Å². The van der Waals surface area contributed by atoms with Gasteiger partial charge in [-0.1, -0.05) is 23.2 Å². The van der Waals surface area contributed by atoms with Gasteiger partial charge < -0.3 is 5.32 Å². The highest BCUT2D eigenvalue weighted by atomic mass is 35.5. The molecule has 0 saturated carbocycles. The Hall–Kier alpha value is -2.57. The molecule has 0 radical (unpaired) electrons. The number of aromatic nitrogens is 5. The van der Waals surface area contributed by atoms with Gasteiger partial charge in [0, 0.05) is 58.2 Å². The Labute approximate surface area is 205 Å². The van der Waals surface area contributed by atoms with Crippen molar-refractivity contribution in [2.75, 3.05) is 13.1 Å². The van der Waals surface area contributed by atoms with Crippen LogP contribution >= 0.6 is 35.0 Å². The molecule has 0 unspecified atom stereocenters. The minimum Gasteiger partial charge on any atom is -0.315 e. The molecule has 33 heavy (non-hydrogen) atoms. The maximum atomic E-state index is 9.64. The predicted octanol–water partition coefficient (Wildman–Crippen LogP) is 5.55. The van der Waals surface area contributed by atoms with Crippen LogP contribution in [0.25, 0.3) is 16.6 Å². The van der Waals surface area contributed by atoms with E-state index in [9.17, 15) is 5.26 Å². The van der Waals surface area contributed by atoms with Crippen LogP contribution in [0.4, 0.5) is 0 Å². The first kappa shape index (κ1) is 22.2. The molecule has 1 fully saturated rings. The molecule has 10 heteroatoms. The van der Waals surface area contributed by atoms with Crippen molar-refractivity contribution in [2.45, 2.75) is 36.0 Å². The molecule has 1 aliphatic heterocycles. The molecule has 4 aromatic rings. The highest BCUT2D eigenvalue weighted by Gasteiger charge is 2.21. The molecule has 168 valence electrons. The van der Waals surface area contributed by atoms with Crippen molar-refractivity contribution in [3.63, 3.8) is 0 Å². The number of nitrogens with one attached hydrogen (secondary N) is 1. The summed E-state index contributed by atoms with van der Waals surface area (Å²) in [6.07, 6.45) is 13.0. The quantitative estimate of drug-likeness (QED) is 0.364. The van der Waals surface area contributed by atoms with Crippen molar-refractivity contribution < 1.29 is 0 Å².